The first kappa shape index (κ1) is 9.16. The fourth-order valence-corrected chi connectivity index (χ4v) is 2.19. The monoisotopic (exact) mass is 209 g/mol. The standard InChI is InChI=1S/C14H11NO/c16-15-12-7-8-14-11(9-12)6-5-10-3-1-2-4-13(10)14/h1-8,16H,9H2/b15-12+. The lowest BCUT2D eigenvalue weighted by Gasteiger charge is -2.13. The van der Waals surface area contributed by atoms with Crippen LogP contribution in [0.4, 0.5) is 0 Å². The van der Waals surface area contributed by atoms with Crippen LogP contribution in [0.1, 0.15) is 11.1 Å². The fourth-order valence-electron chi connectivity index (χ4n) is 2.19. The Morgan fingerprint density at radius 3 is 2.75 bits per heavy atom. The van der Waals surface area contributed by atoms with Crippen LogP contribution in [-0.4, -0.2) is 10.9 Å². The van der Waals surface area contributed by atoms with Crippen molar-refractivity contribution in [1.82, 2.24) is 0 Å². The Bertz CT molecular complexity index is 611. The summed E-state index contributed by atoms with van der Waals surface area (Å²) >= 11 is 0. The number of oxime groups is 1. The van der Waals surface area contributed by atoms with Gasteiger partial charge in [-0.05, 0) is 28.0 Å². The largest absolute Gasteiger partial charge is 0.411 e. The lowest BCUT2D eigenvalue weighted by Crippen LogP contribution is -2.06. The summed E-state index contributed by atoms with van der Waals surface area (Å²) in [6.07, 6.45) is 4.60. The molecule has 0 aromatic heterocycles. The average molecular weight is 209 g/mol. The van der Waals surface area contributed by atoms with E-state index in [1.165, 1.54) is 21.9 Å². The fraction of sp³-hybridized carbons (Fsp3) is 0.0714. The molecule has 78 valence electrons. The maximum absolute atomic E-state index is 8.77. The molecule has 0 amide bonds. The van der Waals surface area contributed by atoms with Gasteiger partial charge in [0.25, 0.3) is 0 Å². The van der Waals surface area contributed by atoms with Crippen molar-refractivity contribution in [2.45, 2.75) is 6.42 Å². The van der Waals surface area contributed by atoms with Crippen LogP contribution >= 0.6 is 0 Å². The van der Waals surface area contributed by atoms with Gasteiger partial charge in [0.05, 0.1) is 5.71 Å². The van der Waals surface area contributed by atoms with Gasteiger partial charge in [-0.3, -0.25) is 0 Å². The molecule has 0 atom stereocenters. The second-order valence-corrected chi connectivity index (χ2v) is 3.96. The summed E-state index contributed by atoms with van der Waals surface area (Å²) < 4.78 is 0. The number of fused-ring (bicyclic) bond motifs is 3. The van der Waals surface area contributed by atoms with Crippen LogP contribution in [0.5, 0.6) is 0 Å². The Hall–Kier alpha value is -2.09. The van der Waals surface area contributed by atoms with E-state index in [1.54, 1.807) is 0 Å². The van der Waals surface area contributed by atoms with Crippen molar-refractivity contribution in [2.75, 3.05) is 0 Å². The van der Waals surface area contributed by atoms with Crippen molar-refractivity contribution in [3.05, 3.63) is 53.6 Å². The lowest BCUT2D eigenvalue weighted by molar-refractivity contribution is 0.318. The zero-order chi connectivity index (χ0) is 11.0. The van der Waals surface area contributed by atoms with Crippen LogP contribution in [0.3, 0.4) is 0 Å². The summed E-state index contributed by atoms with van der Waals surface area (Å²) in [5.41, 5.74) is 3.17. The van der Waals surface area contributed by atoms with Crippen molar-refractivity contribution in [3.8, 4) is 0 Å². The van der Waals surface area contributed by atoms with E-state index in [0.717, 1.165) is 0 Å². The number of benzene rings is 2. The van der Waals surface area contributed by atoms with Gasteiger partial charge in [0.1, 0.15) is 0 Å². The SMILES string of the molecule is O/N=C1\C=Cc2c(ccc3ccccc23)C1. The molecule has 2 nitrogen and oxygen atoms in total. The molecule has 0 radical (unpaired) electrons. The molecule has 0 saturated carbocycles. The minimum atomic E-state index is 0.702. The predicted molar refractivity (Wildman–Crippen MR) is 65.9 cm³/mol. The molecule has 1 N–H and O–H groups in total. The van der Waals surface area contributed by atoms with Crippen LogP contribution < -0.4 is 0 Å². The zero-order valence-corrected chi connectivity index (χ0v) is 8.72. The number of nitrogens with zero attached hydrogens (tertiary/aromatic N) is 1. The number of allylic oxidation sites excluding steroid dienone is 1. The van der Waals surface area contributed by atoms with E-state index in [4.69, 9.17) is 5.21 Å². The average Bonchev–Trinajstić information content (AvgIpc) is 2.38. The van der Waals surface area contributed by atoms with Crippen LogP contribution in [0.15, 0.2) is 47.6 Å². The molecule has 1 aliphatic rings. The van der Waals surface area contributed by atoms with Crippen molar-refractivity contribution < 1.29 is 5.21 Å². The minimum Gasteiger partial charge on any atom is -0.411 e. The van der Waals surface area contributed by atoms with E-state index < -0.39 is 0 Å². The van der Waals surface area contributed by atoms with Crippen molar-refractivity contribution in [2.24, 2.45) is 5.16 Å². The van der Waals surface area contributed by atoms with Gasteiger partial charge >= 0.3 is 0 Å². The molecule has 0 heterocycles. The molecular weight excluding hydrogens is 198 g/mol. The van der Waals surface area contributed by atoms with Crippen LogP contribution in [-0.2, 0) is 6.42 Å². The number of rotatable bonds is 0. The van der Waals surface area contributed by atoms with Gasteiger partial charge in [-0.15, -0.1) is 0 Å². The second-order valence-electron chi connectivity index (χ2n) is 3.96. The first-order valence-corrected chi connectivity index (χ1v) is 5.28. The van der Waals surface area contributed by atoms with Crippen molar-refractivity contribution in [3.63, 3.8) is 0 Å². The molecule has 2 heteroatoms. The van der Waals surface area contributed by atoms with Gasteiger partial charge in [-0.2, -0.15) is 0 Å². The molecule has 0 aliphatic heterocycles. The summed E-state index contributed by atoms with van der Waals surface area (Å²) in [6.45, 7) is 0. The molecule has 3 rings (SSSR count). The van der Waals surface area contributed by atoms with Crippen LogP contribution in [0, 0.1) is 0 Å². The third-order valence-electron chi connectivity index (χ3n) is 3.00. The van der Waals surface area contributed by atoms with Crippen LogP contribution in [0.2, 0.25) is 0 Å². The van der Waals surface area contributed by atoms with Gasteiger partial charge in [0, 0.05) is 6.42 Å². The minimum absolute atomic E-state index is 0.702. The van der Waals surface area contributed by atoms with E-state index in [-0.39, 0.29) is 0 Å². The van der Waals surface area contributed by atoms with E-state index in [2.05, 4.69) is 29.4 Å². The van der Waals surface area contributed by atoms with E-state index in [9.17, 15) is 0 Å². The van der Waals surface area contributed by atoms with Gasteiger partial charge in [-0.25, -0.2) is 0 Å². The Kier molecular flexibility index (Phi) is 2.00. The van der Waals surface area contributed by atoms with E-state index in [1.807, 2.05) is 24.3 Å². The molecule has 1 aliphatic carbocycles. The van der Waals surface area contributed by atoms with Gasteiger partial charge in [0.15, 0.2) is 0 Å². The third kappa shape index (κ3) is 1.31. The maximum atomic E-state index is 8.77. The van der Waals surface area contributed by atoms with Crippen LogP contribution in [0.25, 0.3) is 16.8 Å². The molecule has 0 saturated heterocycles. The second kappa shape index (κ2) is 3.49. The molecule has 0 spiro atoms. The highest BCUT2D eigenvalue weighted by Crippen LogP contribution is 2.26. The number of hydrogen-bond donors (Lipinski definition) is 1. The summed E-state index contributed by atoms with van der Waals surface area (Å²) in [4.78, 5) is 0. The molecule has 2 aromatic carbocycles. The molecular formula is C14H11NO. The molecule has 0 fully saturated rings. The smallest absolute Gasteiger partial charge is 0.0839 e. The first-order chi connectivity index (χ1) is 7.88. The number of hydrogen-bond acceptors (Lipinski definition) is 2. The predicted octanol–water partition coefficient (Wildman–Crippen LogP) is 3.24. The quantitative estimate of drug-likeness (QED) is 0.524. The summed E-state index contributed by atoms with van der Waals surface area (Å²) in [5.74, 6) is 0. The summed E-state index contributed by atoms with van der Waals surface area (Å²) in [7, 11) is 0. The molecule has 16 heavy (non-hydrogen) atoms. The lowest BCUT2D eigenvalue weighted by atomic mass is 9.91. The first-order valence-electron chi connectivity index (χ1n) is 5.28. The van der Waals surface area contributed by atoms with E-state index in [0.29, 0.717) is 12.1 Å². The van der Waals surface area contributed by atoms with Crippen molar-refractivity contribution >= 4 is 22.6 Å². The van der Waals surface area contributed by atoms with Gasteiger partial charge in [0.2, 0.25) is 0 Å². The summed E-state index contributed by atoms with van der Waals surface area (Å²) in [5, 5.41) is 14.5. The topological polar surface area (TPSA) is 32.6 Å². The van der Waals surface area contributed by atoms with Gasteiger partial charge in [-0.1, -0.05) is 47.6 Å². The normalized spacial score (nSPS) is 16.6. The molecule has 0 bridgehead atoms. The highest BCUT2D eigenvalue weighted by molar-refractivity contribution is 6.06. The highest BCUT2D eigenvalue weighted by Gasteiger charge is 2.11. The molecule has 0 unspecified atom stereocenters. The Morgan fingerprint density at radius 1 is 1.00 bits per heavy atom. The maximum Gasteiger partial charge on any atom is 0.0839 e. The highest BCUT2D eigenvalue weighted by atomic mass is 16.4. The Balaban J connectivity index is 2.29. The van der Waals surface area contributed by atoms with Gasteiger partial charge < -0.3 is 5.21 Å². The van der Waals surface area contributed by atoms with Crippen molar-refractivity contribution in [1.29, 1.82) is 0 Å². The Labute approximate surface area is 93.5 Å². The molecule has 2 aromatic rings. The summed E-state index contributed by atoms with van der Waals surface area (Å²) in [6, 6.07) is 12.5. The Morgan fingerprint density at radius 2 is 1.88 bits per heavy atom. The zero-order valence-electron chi connectivity index (χ0n) is 8.72. The third-order valence-corrected chi connectivity index (χ3v) is 3.00. The van der Waals surface area contributed by atoms with E-state index >= 15 is 0 Å².